The third-order valence-electron chi connectivity index (χ3n) is 8.53. The average molecular weight is 806 g/mol. The van der Waals surface area contributed by atoms with Crippen LogP contribution >= 0.6 is 23.1 Å². The minimum atomic E-state index is -1.32. The van der Waals surface area contributed by atoms with Crippen LogP contribution in [-0.2, 0) is 38.2 Å². The molecule has 4 atom stereocenters. The largest absolute Gasteiger partial charge is 0.481 e. The number of nitrogens with two attached hydrogens (primary N) is 2. The van der Waals surface area contributed by atoms with Gasteiger partial charge in [-0.1, -0.05) is 20.3 Å². The number of carboxylic acid groups (broad SMARTS) is 1. The van der Waals surface area contributed by atoms with Gasteiger partial charge < -0.3 is 47.3 Å². The summed E-state index contributed by atoms with van der Waals surface area (Å²) >= 11 is 3.10. The molecule has 4 unspecified atom stereocenters. The number of ketones is 1. The molecule has 55 heavy (non-hydrogen) atoms. The summed E-state index contributed by atoms with van der Waals surface area (Å²) < 4.78 is 11.0. The van der Waals surface area contributed by atoms with Crippen LogP contribution in [0.1, 0.15) is 57.4 Å². The van der Waals surface area contributed by atoms with E-state index in [1.807, 2.05) is 6.92 Å². The molecule has 0 saturated carbocycles. The van der Waals surface area contributed by atoms with Crippen LogP contribution < -0.4 is 32.7 Å². The van der Waals surface area contributed by atoms with Crippen LogP contribution in [0.3, 0.4) is 0 Å². The van der Waals surface area contributed by atoms with Crippen molar-refractivity contribution >= 4 is 85.4 Å². The van der Waals surface area contributed by atoms with Gasteiger partial charge in [-0.15, -0.1) is 23.1 Å². The second-order valence-corrected chi connectivity index (χ2v) is 14.9. The van der Waals surface area contributed by atoms with Crippen molar-refractivity contribution in [3.05, 3.63) is 23.2 Å². The van der Waals surface area contributed by atoms with Gasteiger partial charge in [-0.05, 0) is 43.4 Å². The van der Waals surface area contributed by atoms with E-state index in [0.29, 0.717) is 25.1 Å². The maximum Gasteiger partial charge on any atom is 0.303 e. The van der Waals surface area contributed by atoms with E-state index in [1.165, 1.54) is 18.4 Å². The number of aliphatic imine (C=N–C) groups is 2. The number of nitrogens with zero attached hydrogens (tertiary/aromatic N) is 3. The number of amides is 4. The normalized spacial score (nSPS) is 14.6. The summed E-state index contributed by atoms with van der Waals surface area (Å²) in [4.78, 5) is 90.3. The van der Waals surface area contributed by atoms with Gasteiger partial charge >= 0.3 is 5.97 Å². The Balaban J connectivity index is 1.66. The molecular weight excluding hydrogens is 755 g/mol. The predicted octanol–water partition coefficient (Wildman–Crippen LogP) is 1.02. The molecule has 0 aliphatic carbocycles. The minimum absolute atomic E-state index is 0.120. The summed E-state index contributed by atoms with van der Waals surface area (Å²) in [7, 11) is 1.50. The Morgan fingerprint density at radius 1 is 1.04 bits per heavy atom. The number of carbonyl (C=O) groups is 6. The van der Waals surface area contributed by atoms with E-state index in [1.54, 1.807) is 36.9 Å². The van der Waals surface area contributed by atoms with Gasteiger partial charge in [-0.3, -0.25) is 38.8 Å². The first-order valence-corrected chi connectivity index (χ1v) is 19.7. The van der Waals surface area contributed by atoms with E-state index >= 15 is 0 Å². The highest BCUT2D eigenvalue weighted by Crippen LogP contribution is 2.30. The molecule has 3 rings (SSSR count). The van der Waals surface area contributed by atoms with Crippen LogP contribution in [0.25, 0.3) is 10.2 Å². The fourth-order valence-corrected chi connectivity index (χ4v) is 7.32. The molecule has 302 valence electrons. The van der Waals surface area contributed by atoms with Crippen molar-refractivity contribution in [2.45, 2.75) is 64.5 Å². The standard InChI is InChI=1S/C35H51N9O9S2/c1-4-20(2)23(17-22(45)19-53-14-13-52-3)30(49)43-26(9-10-29(47)48)31(50)40-18-28(46)42-25(6-5-11-39-35(36)37)32(51)41-21-7-8-24-27(16-21)55-34(44-24)33-38-12-15-54-33/h7-8,16,20,23,25-26H,4-6,9-15,17-19H2,1-3H3,(H,40,50)(H,41,51)(H,42,46)(H,43,49)(H,47,48)(H4,36,37,39). The number of rotatable bonds is 25. The predicted molar refractivity (Wildman–Crippen MR) is 211 cm³/mol. The monoisotopic (exact) mass is 805 g/mol. The van der Waals surface area contributed by atoms with Crippen molar-refractivity contribution in [3.63, 3.8) is 0 Å². The molecule has 1 aliphatic rings. The lowest BCUT2D eigenvalue weighted by atomic mass is 9.86. The van der Waals surface area contributed by atoms with Crippen LogP contribution in [0.4, 0.5) is 5.69 Å². The second-order valence-electron chi connectivity index (χ2n) is 12.8. The van der Waals surface area contributed by atoms with Gasteiger partial charge in [0.15, 0.2) is 11.7 Å². The number of fused-ring (bicyclic) bond motifs is 1. The van der Waals surface area contributed by atoms with Crippen LogP contribution in [0, 0.1) is 11.8 Å². The average Bonchev–Trinajstić information content (AvgIpc) is 3.84. The molecule has 0 saturated heterocycles. The first kappa shape index (κ1) is 44.7. The van der Waals surface area contributed by atoms with E-state index in [4.69, 9.17) is 20.9 Å². The van der Waals surface area contributed by atoms with Crippen molar-refractivity contribution in [1.29, 1.82) is 0 Å². The maximum absolute atomic E-state index is 13.5. The van der Waals surface area contributed by atoms with E-state index in [0.717, 1.165) is 32.6 Å². The molecule has 18 nitrogen and oxygen atoms in total. The van der Waals surface area contributed by atoms with Crippen molar-refractivity contribution in [3.8, 4) is 0 Å². The fraction of sp³-hybridized carbons (Fsp3) is 0.571. The number of hydrogen-bond acceptors (Lipinski definition) is 13. The van der Waals surface area contributed by atoms with Gasteiger partial charge in [0.05, 0.1) is 30.0 Å². The highest BCUT2D eigenvalue weighted by Gasteiger charge is 2.31. The van der Waals surface area contributed by atoms with Crippen LogP contribution in [0.5, 0.6) is 0 Å². The van der Waals surface area contributed by atoms with Crippen LogP contribution in [0.15, 0.2) is 28.2 Å². The summed E-state index contributed by atoms with van der Waals surface area (Å²) in [5, 5.41) is 21.5. The van der Waals surface area contributed by atoms with Crippen molar-refractivity contribution in [1.82, 2.24) is 20.9 Å². The zero-order chi connectivity index (χ0) is 40.3. The maximum atomic E-state index is 13.5. The Hall–Kier alpha value is -4.66. The Kier molecular flexibility index (Phi) is 19.0. The van der Waals surface area contributed by atoms with E-state index in [2.05, 4.69) is 36.2 Å². The highest BCUT2D eigenvalue weighted by molar-refractivity contribution is 8.15. The quantitative estimate of drug-likeness (QED) is 0.0420. The van der Waals surface area contributed by atoms with E-state index in [9.17, 15) is 33.9 Å². The molecule has 9 N–H and O–H groups in total. The Bertz CT molecular complexity index is 1710. The number of thiazole rings is 1. The number of anilines is 1. The van der Waals surface area contributed by atoms with Crippen molar-refractivity contribution < 1.29 is 43.3 Å². The summed E-state index contributed by atoms with van der Waals surface area (Å²) in [6.45, 7) is 4.30. The summed E-state index contributed by atoms with van der Waals surface area (Å²) in [5.41, 5.74) is 12.1. The molecule has 0 bridgehead atoms. The third-order valence-corrected chi connectivity index (χ3v) is 10.7. The molecule has 2 aromatic rings. The van der Waals surface area contributed by atoms with Crippen LogP contribution in [-0.4, -0.2) is 121 Å². The van der Waals surface area contributed by atoms with Crippen molar-refractivity contribution in [2.75, 3.05) is 57.6 Å². The molecule has 4 amide bonds. The highest BCUT2D eigenvalue weighted by atomic mass is 32.2. The molecule has 1 aliphatic heterocycles. The van der Waals surface area contributed by atoms with E-state index in [-0.39, 0.29) is 56.7 Å². The zero-order valence-corrected chi connectivity index (χ0v) is 32.9. The number of carboxylic acids is 1. The smallest absolute Gasteiger partial charge is 0.303 e. The Labute approximate surface area is 327 Å². The lowest BCUT2D eigenvalue weighted by Crippen LogP contribution is -2.52. The van der Waals surface area contributed by atoms with Crippen molar-refractivity contribution in [2.24, 2.45) is 33.3 Å². The number of benzene rings is 1. The number of methoxy groups -OCH3 is 1. The molecule has 2 heterocycles. The number of guanidine groups is 1. The van der Waals surface area contributed by atoms with Gasteiger partial charge in [-0.25, -0.2) is 4.98 Å². The Morgan fingerprint density at radius 2 is 1.80 bits per heavy atom. The summed E-state index contributed by atoms with van der Waals surface area (Å²) in [6, 6.07) is 2.91. The summed E-state index contributed by atoms with van der Waals surface area (Å²) in [6.07, 6.45) is 0.164. The third kappa shape index (κ3) is 15.5. The lowest BCUT2D eigenvalue weighted by Gasteiger charge is -2.25. The molecule has 0 radical (unpaired) electrons. The van der Waals surface area contributed by atoms with Gasteiger partial charge in [0.25, 0.3) is 0 Å². The number of hydrogen-bond donors (Lipinski definition) is 7. The van der Waals surface area contributed by atoms with Gasteiger partial charge in [0.1, 0.15) is 28.7 Å². The molecule has 1 aromatic heterocycles. The lowest BCUT2D eigenvalue weighted by molar-refractivity contribution is -0.139. The number of Topliss-reactive ketones (excluding diaryl/α,β-unsaturated/α-hetero) is 1. The Morgan fingerprint density at radius 3 is 2.47 bits per heavy atom. The van der Waals surface area contributed by atoms with Gasteiger partial charge in [0.2, 0.25) is 23.6 Å². The first-order valence-electron chi connectivity index (χ1n) is 17.9. The summed E-state index contributed by atoms with van der Waals surface area (Å²) in [5.74, 6) is -4.45. The fourth-order valence-electron chi connectivity index (χ4n) is 5.38. The van der Waals surface area contributed by atoms with Crippen LogP contribution in [0.2, 0.25) is 0 Å². The number of ether oxygens (including phenoxy) is 2. The molecule has 20 heteroatoms. The molecule has 0 fully saturated rings. The SMILES string of the molecule is CCC(C)C(CC(=O)COCCOC)C(=O)NC(CCC(=O)O)C(=O)NCC(=O)NC(CCCN=C(N)N)C(=O)Nc1ccc2nc(C3=NCCS3)sc2c1. The number of aromatic nitrogens is 1. The minimum Gasteiger partial charge on any atom is -0.481 e. The second kappa shape index (κ2) is 23.3. The number of aliphatic carboxylic acids is 1. The number of nitrogens with one attached hydrogen (secondary N) is 4. The topological polar surface area (TPSA) is 279 Å². The zero-order valence-electron chi connectivity index (χ0n) is 31.3. The molecular formula is C35H51N9O9S2. The van der Waals surface area contributed by atoms with E-state index < -0.39 is 60.6 Å². The molecule has 1 aromatic carbocycles. The molecule has 0 spiro atoms. The van der Waals surface area contributed by atoms with Gasteiger partial charge in [0, 0.05) is 50.4 Å². The van der Waals surface area contributed by atoms with Gasteiger partial charge in [-0.2, -0.15) is 0 Å². The first-order chi connectivity index (χ1) is 26.3. The number of thioether (sulfide) groups is 1. The number of carbonyl (C=O) groups excluding carboxylic acids is 5.